The number of aromatic nitrogens is 1. The minimum Gasteiger partial charge on any atom is -0.497 e. The maximum absolute atomic E-state index is 12.7. The van der Waals surface area contributed by atoms with E-state index in [-0.39, 0.29) is 10.6 Å². The van der Waals surface area contributed by atoms with Crippen molar-refractivity contribution in [2.24, 2.45) is 4.40 Å². The predicted molar refractivity (Wildman–Crippen MR) is 101 cm³/mol. The van der Waals surface area contributed by atoms with Crippen LogP contribution in [0.15, 0.2) is 74.7 Å². The number of methoxy groups -OCH3 is 1. The fourth-order valence-corrected chi connectivity index (χ4v) is 3.61. The molecule has 2 aromatic rings. The molecular formula is C19H15N3O5S. The summed E-state index contributed by atoms with van der Waals surface area (Å²) in [5, 5.41) is 10.2. The van der Waals surface area contributed by atoms with Crippen molar-refractivity contribution in [3.8, 4) is 5.75 Å². The van der Waals surface area contributed by atoms with E-state index in [9.17, 15) is 13.6 Å². The highest BCUT2D eigenvalue weighted by atomic mass is 32.2. The lowest BCUT2D eigenvalue weighted by molar-refractivity contribution is 0.0109. The second-order valence-electron chi connectivity index (χ2n) is 5.85. The van der Waals surface area contributed by atoms with Crippen LogP contribution in [0.4, 0.5) is 0 Å². The number of fused-ring (bicyclic) bond motifs is 1. The SMILES string of the molecule is COc1ccc(S(=O)(=O)/N=C2\C=CC=c3oc(=C4C=CN(O)C=C4)nc32)cc1. The number of hydrogen-bond acceptors (Lipinski definition) is 7. The van der Waals surface area contributed by atoms with Crippen LogP contribution in [0.1, 0.15) is 5.69 Å². The normalized spacial score (nSPS) is 17.0. The van der Waals surface area contributed by atoms with Gasteiger partial charge in [0.05, 0.1) is 12.0 Å². The number of allylic oxidation sites excluding steroid dienone is 4. The number of hydroxylamine groups is 2. The molecule has 1 aliphatic carbocycles. The summed E-state index contributed by atoms with van der Waals surface area (Å²) in [5.41, 5.74) is 1.83. The number of benzene rings is 1. The Hall–Kier alpha value is -3.43. The molecule has 1 aromatic carbocycles. The summed E-state index contributed by atoms with van der Waals surface area (Å²) < 4.78 is 40.0. The maximum Gasteiger partial charge on any atom is 0.282 e. The topological polar surface area (TPSA) is 105 Å². The van der Waals surface area contributed by atoms with Gasteiger partial charge in [-0.2, -0.15) is 12.8 Å². The Morgan fingerprint density at radius 2 is 1.86 bits per heavy atom. The molecule has 4 rings (SSSR count). The van der Waals surface area contributed by atoms with Crippen molar-refractivity contribution >= 4 is 27.4 Å². The molecule has 28 heavy (non-hydrogen) atoms. The monoisotopic (exact) mass is 397 g/mol. The molecule has 0 fully saturated rings. The van der Waals surface area contributed by atoms with E-state index < -0.39 is 10.0 Å². The van der Waals surface area contributed by atoms with Gasteiger partial charge in [-0.15, -0.1) is 0 Å². The van der Waals surface area contributed by atoms with Gasteiger partial charge in [-0.3, -0.25) is 5.21 Å². The van der Waals surface area contributed by atoms with Crippen molar-refractivity contribution in [1.82, 2.24) is 10.0 Å². The van der Waals surface area contributed by atoms with Gasteiger partial charge >= 0.3 is 0 Å². The van der Waals surface area contributed by atoms with Gasteiger partial charge in [0.2, 0.25) is 5.55 Å². The van der Waals surface area contributed by atoms with Gasteiger partial charge in [-0.05, 0) is 48.6 Å². The van der Waals surface area contributed by atoms with Crippen LogP contribution in [0.25, 0.3) is 11.6 Å². The van der Waals surface area contributed by atoms with Crippen LogP contribution in [-0.2, 0) is 10.0 Å². The van der Waals surface area contributed by atoms with Crippen molar-refractivity contribution in [2.45, 2.75) is 4.90 Å². The number of ether oxygens (including phenoxy) is 1. The largest absolute Gasteiger partial charge is 0.497 e. The number of sulfonamides is 1. The molecule has 0 radical (unpaired) electrons. The number of hydrogen-bond donors (Lipinski definition) is 1. The first-order valence-corrected chi connectivity index (χ1v) is 9.63. The lowest BCUT2D eigenvalue weighted by atomic mass is 10.2. The lowest BCUT2D eigenvalue weighted by Gasteiger charge is -2.08. The summed E-state index contributed by atoms with van der Waals surface area (Å²) in [6.45, 7) is 0. The van der Waals surface area contributed by atoms with Crippen LogP contribution in [0.3, 0.4) is 0 Å². The van der Waals surface area contributed by atoms with Gasteiger partial charge in [-0.25, -0.2) is 10.0 Å². The molecule has 1 aliphatic heterocycles. The van der Waals surface area contributed by atoms with E-state index in [1.807, 2.05) is 0 Å². The van der Waals surface area contributed by atoms with Crippen molar-refractivity contribution in [3.63, 3.8) is 0 Å². The molecule has 9 heteroatoms. The van der Waals surface area contributed by atoms with E-state index in [1.165, 1.54) is 31.6 Å². The summed E-state index contributed by atoms with van der Waals surface area (Å²) in [6, 6.07) is 5.97. The van der Waals surface area contributed by atoms with E-state index in [4.69, 9.17) is 9.15 Å². The third kappa shape index (κ3) is 3.40. The van der Waals surface area contributed by atoms with E-state index >= 15 is 0 Å². The summed E-state index contributed by atoms with van der Waals surface area (Å²) in [4.78, 5) is 4.43. The van der Waals surface area contributed by atoms with Crippen LogP contribution in [0, 0.1) is 0 Å². The van der Waals surface area contributed by atoms with Crippen LogP contribution >= 0.6 is 0 Å². The third-order valence-corrected chi connectivity index (χ3v) is 5.34. The first-order valence-electron chi connectivity index (χ1n) is 8.19. The minimum atomic E-state index is -3.94. The molecule has 0 unspecified atom stereocenters. The summed E-state index contributed by atoms with van der Waals surface area (Å²) in [7, 11) is -2.44. The Labute approximate surface area is 160 Å². The van der Waals surface area contributed by atoms with E-state index in [2.05, 4.69) is 9.38 Å². The fourth-order valence-electron chi connectivity index (χ4n) is 2.62. The van der Waals surface area contributed by atoms with E-state index in [1.54, 1.807) is 42.5 Å². The summed E-state index contributed by atoms with van der Waals surface area (Å²) in [5.74, 6) is 0.550. The Bertz CT molecular complexity index is 1250. The Morgan fingerprint density at radius 1 is 1.14 bits per heavy atom. The third-order valence-electron chi connectivity index (χ3n) is 4.03. The molecule has 2 aliphatic rings. The Kier molecular flexibility index (Phi) is 4.46. The molecule has 1 aromatic heterocycles. The summed E-state index contributed by atoms with van der Waals surface area (Å²) >= 11 is 0. The number of nitrogens with zero attached hydrogens (tertiary/aromatic N) is 3. The molecule has 0 saturated carbocycles. The quantitative estimate of drug-likeness (QED) is 0.827. The molecular weight excluding hydrogens is 382 g/mol. The zero-order valence-electron chi connectivity index (χ0n) is 14.7. The molecule has 8 nitrogen and oxygen atoms in total. The standard InChI is InChI=1S/C19H15N3O5S/c1-26-14-5-7-15(8-6-14)28(24,25)21-16-3-2-4-17-18(16)20-19(27-17)13-9-11-22(23)12-10-13/h2-12,23H,1H3/b21-16+. The highest BCUT2D eigenvalue weighted by Crippen LogP contribution is 2.18. The van der Waals surface area contributed by atoms with Gasteiger partial charge in [0, 0.05) is 18.0 Å². The minimum absolute atomic E-state index is 0.0459. The number of oxazole rings is 1. The molecule has 1 N–H and O–H groups in total. The van der Waals surface area contributed by atoms with Gasteiger partial charge in [0.1, 0.15) is 17.2 Å². The molecule has 0 spiro atoms. The lowest BCUT2D eigenvalue weighted by Crippen LogP contribution is -2.16. The van der Waals surface area contributed by atoms with Gasteiger partial charge in [-0.1, -0.05) is 6.08 Å². The zero-order valence-corrected chi connectivity index (χ0v) is 15.5. The molecule has 2 heterocycles. The van der Waals surface area contributed by atoms with Crippen molar-refractivity contribution in [3.05, 3.63) is 77.6 Å². The first kappa shape index (κ1) is 18.0. The molecule has 142 valence electrons. The van der Waals surface area contributed by atoms with Crippen molar-refractivity contribution in [2.75, 3.05) is 7.11 Å². The van der Waals surface area contributed by atoms with Crippen LogP contribution < -0.4 is 15.7 Å². The van der Waals surface area contributed by atoms with Gasteiger partial charge < -0.3 is 9.15 Å². The van der Waals surface area contributed by atoms with Gasteiger partial charge in [0.25, 0.3) is 10.0 Å². The number of rotatable bonds is 3. The van der Waals surface area contributed by atoms with E-state index in [0.717, 1.165) is 5.06 Å². The second kappa shape index (κ2) is 6.95. The first-order chi connectivity index (χ1) is 13.5. The Morgan fingerprint density at radius 3 is 2.54 bits per heavy atom. The molecule has 0 amide bonds. The smallest absolute Gasteiger partial charge is 0.282 e. The van der Waals surface area contributed by atoms with E-state index in [0.29, 0.717) is 28.0 Å². The van der Waals surface area contributed by atoms with Crippen LogP contribution in [0.2, 0.25) is 0 Å². The van der Waals surface area contributed by atoms with Crippen LogP contribution in [0.5, 0.6) is 5.75 Å². The highest BCUT2D eigenvalue weighted by molar-refractivity contribution is 7.90. The van der Waals surface area contributed by atoms with Crippen molar-refractivity contribution in [1.29, 1.82) is 0 Å². The average Bonchev–Trinajstić information content (AvgIpc) is 3.14. The summed E-state index contributed by atoms with van der Waals surface area (Å²) in [6.07, 6.45) is 11.0. The highest BCUT2D eigenvalue weighted by Gasteiger charge is 2.19. The average molecular weight is 397 g/mol. The maximum atomic E-state index is 12.7. The van der Waals surface area contributed by atoms with Crippen molar-refractivity contribution < 1.29 is 22.8 Å². The Balaban J connectivity index is 1.77. The fraction of sp³-hybridized carbons (Fsp3) is 0.0526. The van der Waals surface area contributed by atoms with Crippen LogP contribution in [-0.4, -0.2) is 36.5 Å². The molecule has 0 bridgehead atoms. The molecule has 0 atom stereocenters. The molecule has 0 saturated heterocycles. The predicted octanol–water partition coefficient (Wildman–Crippen LogP) is 1.09. The second-order valence-corrected chi connectivity index (χ2v) is 7.46. The zero-order chi connectivity index (χ0) is 19.7. The van der Waals surface area contributed by atoms with Gasteiger partial charge in [0.15, 0.2) is 5.42 Å².